The molecule has 0 spiro atoms. The third-order valence-corrected chi connectivity index (χ3v) is 5.30. The minimum atomic E-state index is -0.451. The maximum atomic E-state index is 13.8. The van der Waals surface area contributed by atoms with E-state index in [1.807, 2.05) is 0 Å². The average Bonchev–Trinajstić information content (AvgIpc) is 3.18. The summed E-state index contributed by atoms with van der Waals surface area (Å²) in [5, 5.41) is 8.83. The monoisotopic (exact) mass is 443 g/mol. The molecule has 0 aliphatic heterocycles. The number of methoxy groups -OCH3 is 2. The van der Waals surface area contributed by atoms with Crippen LogP contribution in [0.1, 0.15) is 16.2 Å². The van der Waals surface area contributed by atoms with Gasteiger partial charge in [0.05, 0.1) is 20.0 Å². The summed E-state index contributed by atoms with van der Waals surface area (Å²) in [6, 6.07) is 11.2. The predicted octanol–water partition coefficient (Wildman–Crippen LogP) is 4.17. The van der Waals surface area contributed by atoms with Crippen molar-refractivity contribution in [2.75, 3.05) is 20.0 Å². The summed E-state index contributed by atoms with van der Waals surface area (Å²) in [6.07, 6.45) is 1.69. The molecule has 0 amide bonds. The van der Waals surface area contributed by atoms with E-state index in [9.17, 15) is 9.18 Å². The Bertz CT molecular complexity index is 1070. The molecule has 0 fully saturated rings. The number of ether oxygens (including phenoxy) is 3. The van der Waals surface area contributed by atoms with Crippen molar-refractivity contribution in [1.82, 2.24) is 14.8 Å². The van der Waals surface area contributed by atoms with E-state index in [1.54, 1.807) is 47.0 Å². The maximum Gasteiger partial charge on any atom is 0.192 e. The van der Waals surface area contributed by atoms with E-state index in [0.717, 1.165) is 0 Å². The zero-order chi connectivity index (χ0) is 22.2. The van der Waals surface area contributed by atoms with E-state index in [2.05, 4.69) is 16.8 Å². The summed E-state index contributed by atoms with van der Waals surface area (Å²) in [5.41, 5.74) is 0.503. The van der Waals surface area contributed by atoms with Gasteiger partial charge >= 0.3 is 0 Å². The first-order valence-electron chi connectivity index (χ1n) is 9.35. The molecule has 2 aromatic carbocycles. The van der Waals surface area contributed by atoms with Crippen LogP contribution in [-0.2, 0) is 13.2 Å². The zero-order valence-electron chi connectivity index (χ0n) is 17.2. The Morgan fingerprint density at radius 1 is 1.13 bits per heavy atom. The molecule has 1 heterocycles. The second-order valence-electron chi connectivity index (χ2n) is 6.30. The zero-order valence-corrected chi connectivity index (χ0v) is 18.0. The largest absolute Gasteiger partial charge is 0.493 e. The number of hydrogen-bond donors (Lipinski definition) is 0. The lowest BCUT2D eigenvalue weighted by atomic mass is 10.1. The van der Waals surface area contributed by atoms with Gasteiger partial charge in [-0.15, -0.1) is 16.8 Å². The van der Waals surface area contributed by atoms with Crippen LogP contribution in [0.15, 0.2) is 60.3 Å². The van der Waals surface area contributed by atoms with Gasteiger partial charge in [0.1, 0.15) is 6.61 Å². The quantitative estimate of drug-likeness (QED) is 0.250. The Morgan fingerprint density at radius 2 is 1.90 bits per heavy atom. The van der Waals surface area contributed by atoms with Gasteiger partial charge in [0.2, 0.25) is 0 Å². The van der Waals surface area contributed by atoms with E-state index < -0.39 is 5.82 Å². The SMILES string of the molecule is C=CCn1c(COc2ccccc2F)nnc1SCC(=O)c1ccc(OC)c(OC)c1. The highest BCUT2D eigenvalue weighted by molar-refractivity contribution is 7.99. The summed E-state index contributed by atoms with van der Waals surface area (Å²) in [6.45, 7) is 4.21. The van der Waals surface area contributed by atoms with E-state index in [0.29, 0.717) is 34.6 Å². The molecular weight excluding hydrogens is 421 g/mol. The van der Waals surface area contributed by atoms with Gasteiger partial charge in [0, 0.05) is 12.1 Å². The molecule has 162 valence electrons. The first-order valence-corrected chi connectivity index (χ1v) is 10.3. The minimum absolute atomic E-state index is 0.0337. The van der Waals surface area contributed by atoms with Crippen LogP contribution in [0.5, 0.6) is 17.2 Å². The molecule has 3 rings (SSSR count). The Morgan fingerprint density at radius 3 is 2.61 bits per heavy atom. The molecule has 9 heteroatoms. The third kappa shape index (κ3) is 5.43. The number of allylic oxidation sites excluding steroid dienone is 1. The Balaban J connectivity index is 1.69. The lowest BCUT2D eigenvalue weighted by Gasteiger charge is -2.10. The van der Waals surface area contributed by atoms with E-state index in [-0.39, 0.29) is 23.9 Å². The first kappa shape index (κ1) is 22.4. The molecule has 0 N–H and O–H groups in total. The van der Waals surface area contributed by atoms with Crippen molar-refractivity contribution in [3.05, 3.63) is 72.3 Å². The van der Waals surface area contributed by atoms with Crippen LogP contribution in [-0.4, -0.2) is 40.5 Å². The fourth-order valence-electron chi connectivity index (χ4n) is 2.77. The highest BCUT2D eigenvalue weighted by Crippen LogP contribution is 2.28. The van der Waals surface area contributed by atoms with Gasteiger partial charge in [0.25, 0.3) is 0 Å². The number of carbonyl (C=O) groups is 1. The highest BCUT2D eigenvalue weighted by atomic mass is 32.2. The fourth-order valence-corrected chi connectivity index (χ4v) is 3.63. The maximum absolute atomic E-state index is 13.8. The summed E-state index contributed by atoms with van der Waals surface area (Å²) in [4.78, 5) is 12.6. The van der Waals surface area contributed by atoms with Crippen LogP contribution < -0.4 is 14.2 Å². The Kier molecular flexibility index (Phi) is 7.66. The number of thioether (sulfide) groups is 1. The summed E-state index contributed by atoms with van der Waals surface area (Å²) in [5.74, 6) is 1.28. The predicted molar refractivity (Wildman–Crippen MR) is 116 cm³/mol. The summed E-state index contributed by atoms with van der Waals surface area (Å²) < 4.78 is 31.5. The van der Waals surface area contributed by atoms with Crippen LogP contribution >= 0.6 is 11.8 Å². The topological polar surface area (TPSA) is 75.5 Å². The van der Waals surface area contributed by atoms with Gasteiger partial charge in [-0.1, -0.05) is 30.0 Å². The smallest absolute Gasteiger partial charge is 0.192 e. The molecule has 31 heavy (non-hydrogen) atoms. The molecule has 0 aliphatic carbocycles. The van der Waals surface area contributed by atoms with Crippen LogP contribution in [0.4, 0.5) is 4.39 Å². The van der Waals surface area contributed by atoms with Crippen molar-refractivity contribution in [2.45, 2.75) is 18.3 Å². The van der Waals surface area contributed by atoms with Crippen molar-refractivity contribution in [3.8, 4) is 17.2 Å². The minimum Gasteiger partial charge on any atom is -0.493 e. The fraction of sp³-hybridized carbons (Fsp3) is 0.227. The standard InChI is InChI=1S/C22H22FN3O4S/c1-4-11-26-21(13-30-18-8-6-5-7-16(18)23)24-25-22(26)31-14-17(27)15-9-10-19(28-2)20(12-15)29-3/h4-10,12H,1,11,13-14H2,2-3H3. The number of halogens is 1. The number of benzene rings is 2. The lowest BCUT2D eigenvalue weighted by Crippen LogP contribution is -2.09. The lowest BCUT2D eigenvalue weighted by molar-refractivity contribution is 0.102. The third-order valence-electron chi connectivity index (χ3n) is 4.34. The molecule has 7 nitrogen and oxygen atoms in total. The molecule has 3 aromatic rings. The van der Waals surface area contributed by atoms with Crippen molar-refractivity contribution in [2.24, 2.45) is 0 Å². The molecule has 0 saturated carbocycles. The molecule has 0 saturated heterocycles. The first-order chi connectivity index (χ1) is 15.1. The second-order valence-corrected chi connectivity index (χ2v) is 7.24. The number of ketones is 1. The van der Waals surface area contributed by atoms with Gasteiger partial charge < -0.3 is 14.2 Å². The second kappa shape index (κ2) is 10.6. The Hall–Kier alpha value is -3.33. The number of para-hydroxylation sites is 1. The van der Waals surface area contributed by atoms with Gasteiger partial charge in [0.15, 0.2) is 39.8 Å². The van der Waals surface area contributed by atoms with E-state index >= 15 is 0 Å². The van der Waals surface area contributed by atoms with Crippen molar-refractivity contribution in [3.63, 3.8) is 0 Å². The molecule has 0 radical (unpaired) electrons. The number of hydrogen-bond acceptors (Lipinski definition) is 7. The number of carbonyl (C=O) groups excluding carboxylic acids is 1. The highest BCUT2D eigenvalue weighted by Gasteiger charge is 2.16. The summed E-state index contributed by atoms with van der Waals surface area (Å²) >= 11 is 1.25. The molecule has 1 aromatic heterocycles. The normalized spacial score (nSPS) is 10.5. The van der Waals surface area contributed by atoms with E-state index in [4.69, 9.17) is 14.2 Å². The van der Waals surface area contributed by atoms with Crippen molar-refractivity contribution >= 4 is 17.5 Å². The van der Waals surface area contributed by atoms with Crippen molar-refractivity contribution < 1.29 is 23.4 Å². The molecule has 0 unspecified atom stereocenters. The number of Topliss-reactive ketones (excluding diaryl/α,β-unsaturated/α-hetero) is 1. The number of nitrogens with zero attached hydrogens (tertiary/aromatic N) is 3. The molecule has 0 bridgehead atoms. The molecular formula is C22H22FN3O4S. The van der Waals surface area contributed by atoms with Gasteiger partial charge in [-0.25, -0.2) is 4.39 Å². The van der Waals surface area contributed by atoms with Gasteiger partial charge in [-0.2, -0.15) is 0 Å². The van der Waals surface area contributed by atoms with E-state index in [1.165, 1.54) is 32.0 Å². The Labute approximate surface area is 183 Å². The molecule has 0 atom stereocenters. The van der Waals surface area contributed by atoms with Crippen LogP contribution in [0.25, 0.3) is 0 Å². The average molecular weight is 444 g/mol. The van der Waals surface area contributed by atoms with Crippen LogP contribution in [0.2, 0.25) is 0 Å². The van der Waals surface area contributed by atoms with Crippen LogP contribution in [0, 0.1) is 5.82 Å². The number of rotatable bonds is 11. The van der Waals surface area contributed by atoms with Gasteiger partial charge in [-0.05, 0) is 30.3 Å². The van der Waals surface area contributed by atoms with Gasteiger partial charge in [-0.3, -0.25) is 9.36 Å². The van der Waals surface area contributed by atoms with Crippen molar-refractivity contribution in [1.29, 1.82) is 0 Å². The summed E-state index contributed by atoms with van der Waals surface area (Å²) in [7, 11) is 3.05. The molecule has 0 aliphatic rings. The number of aromatic nitrogens is 3. The van der Waals surface area contributed by atoms with Crippen LogP contribution in [0.3, 0.4) is 0 Å².